The Labute approximate surface area is 132 Å². The summed E-state index contributed by atoms with van der Waals surface area (Å²) in [6.45, 7) is 3.81. The zero-order valence-electron chi connectivity index (χ0n) is 12.1. The van der Waals surface area contributed by atoms with Crippen LogP contribution in [0.1, 0.15) is 6.42 Å². The lowest BCUT2D eigenvalue weighted by molar-refractivity contribution is -0.0579. The Bertz CT molecular complexity index is 652. The highest BCUT2D eigenvalue weighted by Gasteiger charge is 2.41. The van der Waals surface area contributed by atoms with Crippen LogP contribution in [0, 0.1) is 5.82 Å². The van der Waals surface area contributed by atoms with Crippen LogP contribution in [0.2, 0.25) is 0 Å². The summed E-state index contributed by atoms with van der Waals surface area (Å²) in [6, 6.07) is 6.46. The third-order valence-corrected chi connectivity index (χ3v) is 5.12. The zero-order chi connectivity index (χ0) is 15.0. The van der Waals surface area contributed by atoms with Gasteiger partial charge in [0.25, 0.3) is 0 Å². The standard InChI is InChI=1S/C16H17FN2O2S/c17-13-3-1-12(2-4-13)14-9-22-15(18-14)19-6-8-21-16(10-19)5-7-20-11-16/h1-4,9H,5-8,10-11H2. The van der Waals surface area contributed by atoms with Crippen molar-refractivity contribution < 1.29 is 13.9 Å². The number of ether oxygens (including phenoxy) is 2. The van der Waals surface area contributed by atoms with Crippen molar-refractivity contribution in [2.24, 2.45) is 0 Å². The van der Waals surface area contributed by atoms with Gasteiger partial charge in [0, 0.05) is 30.5 Å². The van der Waals surface area contributed by atoms with Gasteiger partial charge >= 0.3 is 0 Å². The number of hydrogen-bond donors (Lipinski definition) is 0. The molecule has 1 unspecified atom stereocenters. The summed E-state index contributed by atoms with van der Waals surface area (Å²) in [5.41, 5.74) is 1.67. The second kappa shape index (κ2) is 5.61. The smallest absolute Gasteiger partial charge is 0.186 e. The van der Waals surface area contributed by atoms with E-state index >= 15 is 0 Å². The summed E-state index contributed by atoms with van der Waals surface area (Å²) < 4.78 is 24.5. The van der Waals surface area contributed by atoms with Crippen molar-refractivity contribution in [1.82, 2.24) is 4.98 Å². The number of halogens is 1. The van der Waals surface area contributed by atoms with Crippen molar-refractivity contribution in [1.29, 1.82) is 0 Å². The predicted octanol–water partition coefficient (Wildman–Crippen LogP) is 2.94. The lowest BCUT2D eigenvalue weighted by atomic mass is 10.0. The largest absolute Gasteiger partial charge is 0.378 e. The second-order valence-corrected chi connectivity index (χ2v) is 6.61. The Morgan fingerprint density at radius 3 is 2.86 bits per heavy atom. The first-order valence-corrected chi connectivity index (χ1v) is 8.30. The highest BCUT2D eigenvalue weighted by Crippen LogP contribution is 2.33. The molecule has 116 valence electrons. The maximum absolute atomic E-state index is 13.0. The molecule has 1 spiro atoms. The fraction of sp³-hybridized carbons (Fsp3) is 0.438. The van der Waals surface area contributed by atoms with Gasteiger partial charge in [-0.25, -0.2) is 9.37 Å². The average molecular weight is 320 g/mol. The molecule has 4 rings (SSSR count). The molecule has 2 fully saturated rings. The van der Waals surface area contributed by atoms with E-state index in [-0.39, 0.29) is 11.4 Å². The number of thiazole rings is 1. The molecule has 1 atom stereocenters. The summed E-state index contributed by atoms with van der Waals surface area (Å²) in [6.07, 6.45) is 0.944. The lowest BCUT2D eigenvalue weighted by Crippen LogP contribution is -2.52. The van der Waals surface area contributed by atoms with E-state index < -0.39 is 0 Å². The van der Waals surface area contributed by atoms with E-state index in [0.29, 0.717) is 13.2 Å². The van der Waals surface area contributed by atoms with Crippen LogP contribution in [0.5, 0.6) is 0 Å². The summed E-state index contributed by atoms with van der Waals surface area (Å²) in [5, 5.41) is 3.02. The maximum atomic E-state index is 13.0. The van der Waals surface area contributed by atoms with Crippen LogP contribution in [-0.2, 0) is 9.47 Å². The Morgan fingerprint density at radius 1 is 1.23 bits per heavy atom. The van der Waals surface area contributed by atoms with Crippen molar-refractivity contribution in [2.75, 3.05) is 37.8 Å². The quantitative estimate of drug-likeness (QED) is 0.852. The number of aromatic nitrogens is 1. The minimum atomic E-state index is -0.226. The number of benzene rings is 1. The molecule has 1 aromatic carbocycles. The van der Waals surface area contributed by atoms with Gasteiger partial charge in [0.2, 0.25) is 0 Å². The number of hydrogen-bond acceptors (Lipinski definition) is 5. The van der Waals surface area contributed by atoms with Crippen LogP contribution >= 0.6 is 11.3 Å². The number of nitrogens with zero attached hydrogens (tertiary/aromatic N) is 2. The van der Waals surface area contributed by atoms with E-state index in [0.717, 1.165) is 42.5 Å². The Kier molecular flexibility index (Phi) is 3.60. The molecular weight excluding hydrogens is 303 g/mol. The van der Waals surface area contributed by atoms with Crippen LogP contribution in [-0.4, -0.2) is 43.5 Å². The van der Waals surface area contributed by atoms with Crippen molar-refractivity contribution >= 4 is 16.5 Å². The van der Waals surface area contributed by atoms with Gasteiger partial charge < -0.3 is 14.4 Å². The molecular formula is C16H17FN2O2S. The fourth-order valence-electron chi connectivity index (χ4n) is 3.00. The van der Waals surface area contributed by atoms with Gasteiger partial charge in [-0.2, -0.15) is 0 Å². The van der Waals surface area contributed by atoms with Crippen LogP contribution < -0.4 is 4.90 Å². The molecule has 2 saturated heterocycles. The number of anilines is 1. The summed E-state index contributed by atoms with van der Waals surface area (Å²) in [7, 11) is 0. The second-order valence-electron chi connectivity index (χ2n) is 5.78. The Hall–Kier alpha value is -1.50. The van der Waals surface area contributed by atoms with E-state index in [4.69, 9.17) is 14.5 Å². The van der Waals surface area contributed by atoms with Crippen LogP contribution in [0.25, 0.3) is 11.3 Å². The molecule has 2 aliphatic rings. The molecule has 2 aliphatic heterocycles. The van der Waals surface area contributed by atoms with Crippen LogP contribution in [0.4, 0.5) is 9.52 Å². The molecule has 2 aromatic rings. The average Bonchev–Trinajstić information content (AvgIpc) is 3.18. The normalized spacial score (nSPS) is 25.0. The molecule has 0 radical (unpaired) electrons. The Balaban J connectivity index is 1.54. The van der Waals surface area contributed by atoms with Gasteiger partial charge in [-0.15, -0.1) is 11.3 Å². The van der Waals surface area contributed by atoms with Gasteiger partial charge in [-0.3, -0.25) is 0 Å². The minimum Gasteiger partial charge on any atom is -0.378 e. The minimum absolute atomic E-state index is 0.167. The SMILES string of the molecule is Fc1ccc(-c2csc(N3CCOC4(CCOC4)C3)n2)cc1. The third kappa shape index (κ3) is 2.62. The molecule has 22 heavy (non-hydrogen) atoms. The first-order chi connectivity index (χ1) is 10.7. The predicted molar refractivity (Wildman–Crippen MR) is 83.8 cm³/mol. The first-order valence-electron chi connectivity index (χ1n) is 7.42. The zero-order valence-corrected chi connectivity index (χ0v) is 12.9. The topological polar surface area (TPSA) is 34.6 Å². The molecule has 0 aliphatic carbocycles. The van der Waals surface area contributed by atoms with Crippen LogP contribution in [0.15, 0.2) is 29.6 Å². The number of rotatable bonds is 2. The molecule has 3 heterocycles. The van der Waals surface area contributed by atoms with Crippen molar-refractivity contribution in [3.63, 3.8) is 0 Å². The molecule has 4 nitrogen and oxygen atoms in total. The van der Waals surface area contributed by atoms with Gasteiger partial charge in [0.1, 0.15) is 11.4 Å². The van der Waals surface area contributed by atoms with E-state index in [2.05, 4.69) is 4.90 Å². The van der Waals surface area contributed by atoms with E-state index in [1.54, 1.807) is 23.5 Å². The first kappa shape index (κ1) is 14.1. The Morgan fingerprint density at radius 2 is 2.09 bits per heavy atom. The van der Waals surface area contributed by atoms with Gasteiger partial charge in [-0.1, -0.05) is 0 Å². The number of morpholine rings is 1. The molecule has 1 aromatic heterocycles. The van der Waals surface area contributed by atoms with Gasteiger partial charge in [0.15, 0.2) is 5.13 Å². The van der Waals surface area contributed by atoms with Gasteiger partial charge in [-0.05, 0) is 24.3 Å². The molecule has 0 saturated carbocycles. The van der Waals surface area contributed by atoms with Crippen molar-refractivity contribution in [2.45, 2.75) is 12.0 Å². The monoisotopic (exact) mass is 320 g/mol. The molecule has 0 N–H and O–H groups in total. The molecule has 0 amide bonds. The fourth-order valence-corrected chi connectivity index (χ4v) is 3.86. The molecule has 6 heteroatoms. The maximum Gasteiger partial charge on any atom is 0.186 e. The summed E-state index contributed by atoms with van der Waals surface area (Å²) in [4.78, 5) is 6.99. The third-order valence-electron chi connectivity index (χ3n) is 4.22. The lowest BCUT2D eigenvalue weighted by Gasteiger charge is -2.39. The van der Waals surface area contributed by atoms with Crippen molar-refractivity contribution in [3.05, 3.63) is 35.5 Å². The van der Waals surface area contributed by atoms with Gasteiger partial charge in [0.05, 0.1) is 25.5 Å². The van der Waals surface area contributed by atoms with E-state index in [1.807, 2.05) is 5.38 Å². The van der Waals surface area contributed by atoms with Crippen molar-refractivity contribution in [3.8, 4) is 11.3 Å². The van der Waals surface area contributed by atoms with E-state index in [1.165, 1.54) is 12.1 Å². The highest BCUT2D eigenvalue weighted by molar-refractivity contribution is 7.14. The highest BCUT2D eigenvalue weighted by atomic mass is 32.1. The van der Waals surface area contributed by atoms with E-state index in [9.17, 15) is 4.39 Å². The van der Waals surface area contributed by atoms with Crippen LogP contribution in [0.3, 0.4) is 0 Å². The summed E-state index contributed by atoms with van der Waals surface area (Å²) in [5.74, 6) is -0.226. The summed E-state index contributed by atoms with van der Waals surface area (Å²) >= 11 is 1.62. The molecule has 0 bridgehead atoms.